The Morgan fingerprint density at radius 2 is 1.73 bits per heavy atom. The van der Waals surface area contributed by atoms with Crippen molar-refractivity contribution in [2.75, 3.05) is 18.0 Å². The van der Waals surface area contributed by atoms with E-state index in [0.717, 1.165) is 22.4 Å². The monoisotopic (exact) mass is 394 g/mol. The molecule has 0 aliphatic carbocycles. The molecule has 0 heterocycles. The molecule has 7 heteroatoms. The summed E-state index contributed by atoms with van der Waals surface area (Å²) in [5, 5.41) is 0.351. The number of benzene rings is 2. The average molecular weight is 395 g/mol. The molecule has 2 aromatic rings. The van der Waals surface area contributed by atoms with Crippen LogP contribution in [-0.2, 0) is 14.8 Å². The van der Waals surface area contributed by atoms with Gasteiger partial charge in [-0.25, -0.2) is 13.1 Å². The summed E-state index contributed by atoms with van der Waals surface area (Å²) < 4.78 is 27.3. The molecule has 0 radical (unpaired) electrons. The number of carbonyl (C=O) groups is 1. The van der Waals surface area contributed by atoms with Gasteiger partial charge in [0.2, 0.25) is 15.9 Å². The number of sulfonamides is 1. The summed E-state index contributed by atoms with van der Waals surface area (Å²) in [5.74, 6) is -0.137. The molecule has 1 N–H and O–H groups in total. The van der Waals surface area contributed by atoms with Crippen molar-refractivity contribution in [3.05, 3.63) is 58.1 Å². The zero-order chi connectivity index (χ0) is 19.5. The number of amides is 1. The van der Waals surface area contributed by atoms with E-state index in [-0.39, 0.29) is 23.9 Å². The zero-order valence-electron chi connectivity index (χ0n) is 15.3. The molecule has 0 bridgehead atoms. The van der Waals surface area contributed by atoms with E-state index in [1.54, 1.807) is 17.0 Å². The molecule has 0 fully saturated rings. The third kappa shape index (κ3) is 4.84. The van der Waals surface area contributed by atoms with E-state index in [1.165, 1.54) is 19.1 Å². The predicted molar refractivity (Wildman–Crippen MR) is 105 cm³/mol. The normalized spacial score (nSPS) is 11.4. The Morgan fingerprint density at radius 3 is 2.27 bits per heavy atom. The molecule has 0 atom stereocenters. The van der Waals surface area contributed by atoms with Gasteiger partial charge in [0.25, 0.3) is 0 Å². The standard InChI is InChI=1S/C19H23ClN2O3S/c1-13-10-14(2)19(15(3)11-13)22(16(4)23)9-8-21-26(24,25)18-7-5-6-17(20)12-18/h5-7,10-12,21H,8-9H2,1-4H3. The van der Waals surface area contributed by atoms with E-state index in [4.69, 9.17) is 11.6 Å². The van der Waals surface area contributed by atoms with Gasteiger partial charge in [-0.05, 0) is 50.1 Å². The first-order valence-corrected chi connectivity index (χ1v) is 10.1. The first kappa shape index (κ1) is 20.4. The Balaban J connectivity index is 2.17. The Kier molecular flexibility index (Phi) is 6.44. The molecular weight excluding hydrogens is 372 g/mol. The second-order valence-electron chi connectivity index (χ2n) is 6.27. The minimum Gasteiger partial charge on any atom is -0.311 e. The van der Waals surface area contributed by atoms with Gasteiger partial charge in [0.05, 0.1) is 4.90 Å². The van der Waals surface area contributed by atoms with E-state index < -0.39 is 10.0 Å². The number of hydrogen-bond donors (Lipinski definition) is 1. The quantitative estimate of drug-likeness (QED) is 0.814. The van der Waals surface area contributed by atoms with Gasteiger partial charge in [-0.2, -0.15) is 0 Å². The van der Waals surface area contributed by atoms with Gasteiger partial charge >= 0.3 is 0 Å². The fraction of sp³-hybridized carbons (Fsp3) is 0.316. The van der Waals surface area contributed by atoms with Gasteiger partial charge in [0.15, 0.2) is 0 Å². The van der Waals surface area contributed by atoms with E-state index >= 15 is 0 Å². The average Bonchev–Trinajstić information content (AvgIpc) is 2.52. The van der Waals surface area contributed by atoms with Gasteiger partial charge in [-0.15, -0.1) is 0 Å². The maximum atomic E-state index is 12.4. The van der Waals surface area contributed by atoms with E-state index in [0.29, 0.717) is 5.02 Å². The van der Waals surface area contributed by atoms with Crippen molar-refractivity contribution in [1.82, 2.24) is 4.72 Å². The first-order valence-electron chi connectivity index (χ1n) is 8.23. The van der Waals surface area contributed by atoms with Crippen LogP contribution in [0, 0.1) is 20.8 Å². The van der Waals surface area contributed by atoms with Crippen LogP contribution in [0.3, 0.4) is 0 Å². The Morgan fingerprint density at radius 1 is 1.12 bits per heavy atom. The maximum Gasteiger partial charge on any atom is 0.240 e. The van der Waals surface area contributed by atoms with E-state index in [9.17, 15) is 13.2 Å². The van der Waals surface area contributed by atoms with Crippen LogP contribution < -0.4 is 9.62 Å². The molecule has 0 aliphatic rings. The molecule has 26 heavy (non-hydrogen) atoms. The molecule has 0 unspecified atom stereocenters. The van der Waals surface area contributed by atoms with Crippen LogP contribution in [0.25, 0.3) is 0 Å². The van der Waals surface area contributed by atoms with Gasteiger partial charge in [0.1, 0.15) is 0 Å². The minimum absolute atomic E-state index is 0.0984. The van der Waals surface area contributed by atoms with Gasteiger partial charge in [-0.1, -0.05) is 35.4 Å². The van der Waals surface area contributed by atoms with Crippen molar-refractivity contribution >= 4 is 33.2 Å². The molecule has 2 aromatic carbocycles. The first-order chi connectivity index (χ1) is 12.1. The molecule has 0 aromatic heterocycles. The zero-order valence-corrected chi connectivity index (χ0v) is 16.9. The van der Waals surface area contributed by atoms with Crippen molar-refractivity contribution in [3.63, 3.8) is 0 Å². The second-order valence-corrected chi connectivity index (χ2v) is 8.48. The van der Waals surface area contributed by atoms with Crippen molar-refractivity contribution in [1.29, 1.82) is 0 Å². The number of aryl methyl sites for hydroxylation is 3. The summed E-state index contributed by atoms with van der Waals surface area (Å²) in [6, 6.07) is 10.1. The molecule has 0 aliphatic heterocycles. The highest BCUT2D eigenvalue weighted by Gasteiger charge is 2.19. The van der Waals surface area contributed by atoms with E-state index in [2.05, 4.69) is 4.72 Å². The van der Waals surface area contributed by atoms with Crippen molar-refractivity contribution in [2.45, 2.75) is 32.6 Å². The lowest BCUT2D eigenvalue weighted by atomic mass is 10.0. The van der Waals surface area contributed by atoms with Crippen LogP contribution in [0.4, 0.5) is 5.69 Å². The highest BCUT2D eigenvalue weighted by atomic mass is 35.5. The predicted octanol–water partition coefficient (Wildman–Crippen LogP) is 3.60. The Bertz CT molecular complexity index is 903. The molecule has 140 valence electrons. The molecular formula is C19H23ClN2O3S. The van der Waals surface area contributed by atoms with Crippen LogP contribution in [0.2, 0.25) is 5.02 Å². The SMILES string of the molecule is CC(=O)N(CCNS(=O)(=O)c1cccc(Cl)c1)c1c(C)cc(C)cc1C. The number of rotatable bonds is 6. The van der Waals surface area contributed by atoms with Gasteiger partial charge < -0.3 is 4.90 Å². The molecule has 1 amide bonds. The third-order valence-corrected chi connectivity index (χ3v) is 5.71. The molecule has 0 saturated heterocycles. The summed E-state index contributed by atoms with van der Waals surface area (Å²) in [7, 11) is -3.69. The number of nitrogens with zero attached hydrogens (tertiary/aromatic N) is 1. The van der Waals surface area contributed by atoms with Crippen molar-refractivity contribution in [3.8, 4) is 0 Å². The van der Waals surface area contributed by atoms with Crippen LogP contribution in [-0.4, -0.2) is 27.4 Å². The smallest absolute Gasteiger partial charge is 0.240 e. The Labute approximate surface area is 160 Å². The fourth-order valence-corrected chi connectivity index (χ4v) is 4.36. The highest BCUT2D eigenvalue weighted by Crippen LogP contribution is 2.26. The summed E-state index contributed by atoms with van der Waals surface area (Å²) in [6.07, 6.45) is 0. The van der Waals surface area contributed by atoms with Gasteiger partial charge in [-0.3, -0.25) is 4.79 Å². The van der Waals surface area contributed by atoms with Crippen LogP contribution in [0.5, 0.6) is 0 Å². The Hall–Kier alpha value is -1.89. The molecule has 5 nitrogen and oxygen atoms in total. The number of nitrogens with one attached hydrogen (secondary N) is 1. The van der Waals surface area contributed by atoms with E-state index in [1.807, 2.05) is 32.9 Å². The molecule has 0 spiro atoms. The van der Waals surface area contributed by atoms with Crippen LogP contribution >= 0.6 is 11.6 Å². The topological polar surface area (TPSA) is 66.5 Å². The lowest BCUT2D eigenvalue weighted by molar-refractivity contribution is -0.116. The lowest BCUT2D eigenvalue weighted by Gasteiger charge is -2.25. The highest BCUT2D eigenvalue weighted by molar-refractivity contribution is 7.89. The summed E-state index contributed by atoms with van der Waals surface area (Å²) in [4.78, 5) is 13.8. The van der Waals surface area contributed by atoms with Crippen LogP contribution in [0.15, 0.2) is 41.3 Å². The molecule has 2 rings (SSSR count). The maximum absolute atomic E-state index is 12.4. The second kappa shape index (κ2) is 8.20. The number of carbonyl (C=O) groups excluding carboxylic acids is 1. The van der Waals surface area contributed by atoms with Gasteiger partial charge in [0, 0.05) is 30.7 Å². The minimum atomic E-state index is -3.69. The lowest BCUT2D eigenvalue weighted by Crippen LogP contribution is -2.38. The summed E-state index contributed by atoms with van der Waals surface area (Å²) in [6.45, 7) is 7.70. The summed E-state index contributed by atoms with van der Waals surface area (Å²) >= 11 is 5.86. The fourth-order valence-electron chi connectivity index (χ4n) is 3.03. The van der Waals surface area contributed by atoms with Crippen molar-refractivity contribution < 1.29 is 13.2 Å². The number of anilines is 1. The number of hydrogen-bond acceptors (Lipinski definition) is 3. The number of halogens is 1. The third-order valence-electron chi connectivity index (χ3n) is 4.02. The summed E-state index contributed by atoms with van der Waals surface area (Å²) in [5.41, 5.74) is 3.91. The van der Waals surface area contributed by atoms with Crippen molar-refractivity contribution in [2.24, 2.45) is 0 Å². The molecule has 0 saturated carbocycles. The van der Waals surface area contributed by atoms with Crippen LogP contribution in [0.1, 0.15) is 23.6 Å². The largest absolute Gasteiger partial charge is 0.311 e.